The van der Waals surface area contributed by atoms with E-state index < -0.39 is 0 Å². The van der Waals surface area contributed by atoms with Crippen LogP contribution in [0.1, 0.15) is 25.3 Å². The van der Waals surface area contributed by atoms with Gasteiger partial charge in [-0.3, -0.25) is 0 Å². The van der Waals surface area contributed by atoms with Gasteiger partial charge < -0.3 is 10.1 Å². The molecule has 1 unspecified atom stereocenters. The van der Waals surface area contributed by atoms with Gasteiger partial charge in [0, 0.05) is 31.1 Å². The molecule has 96 valence electrons. The van der Waals surface area contributed by atoms with Crippen LogP contribution in [0.4, 0.5) is 0 Å². The minimum Gasteiger partial charge on any atom is -0.383 e. The zero-order chi connectivity index (χ0) is 12.7. The topological polar surface area (TPSA) is 21.3 Å². The van der Waals surface area contributed by atoms with Crippen LogP contribution < -0.4 is 5.32 Å². The Morgan fingerprint density at radius 3 is 2.59 bits per heavy atom. The molecule has 0 aliphatic heterocycles. The van der Waals surface area contributed by atoms with E-state index in [4.69, 9.17) is 16.3 Å². The molecule has 2 nitrogen and oxygen atoms in total. The molecule has 3 heteroatoms. The summed E-state index contributed by atoms with van der Waals surface area (Å²) in [6, 6.07) is 8.10. The van der Waals surface area contributed by atoms with Crippen LogP contribution in [0.5, 0.6) is 0 Å². The maximum atomic E-state index is 6.25. The molecule has 0 spiro atoms. The second-order valence-corrected chi connectivity index (χ2v) is 4.98. The molecule has 0 aliphatic rings. The average molecular weight is 256 g/mol. The van der Waals surface area contributed by atoms with Crippen molar-refractivity contribution in [3.63, 3.8) is 0 Å². The Bertz CT molecular complexity index is 328. The molecule has 0 aromatic heterocycles. The molecule has 1 N–H and O–H groups in total. The van der Waals surface area contributed by atoms with Gasteiger partial charge in [0.05, 0.1) is 6.61 Å². The van der Waals surface area contributed by atoms with Gasteiger partial charge >= 0.3 is 0 Å². The van der Waals surface area contributed by atoms with Gasteiger partial charge in [-0.05, 0) is 17.5 Å². The molecular formula is C14H22ClNO. The first-order chi connectivity index (χ1) is 8.16. The Balaban J connectivity index is 2.63. The van der Waals surface area contributed by atoms with E-state index in [1.54, 1.807) is 7.11 Å². The maximum Gasteiger partial charge on any atom is 0.0587 e. The van der Waals surface area contributed by atoms with E-state index in [0.717, 1.165) is 24.7 Å². The van der Waals surface area contributed by atoms with Crippen molar-refractivity contribution in [3.05, 3.63) is 34.9 Å². The molecule has 0 radical (unpaired) electrons. The van der Waals surface area contributed by atoms with Gasteiger partial charge in [0.15, 0.2) is 0 Å². The van der Waals surface area contributed by atoms with Crippen LogP contribution in [0.3, 0.4) is 0 Å². The minimum atomic E-state index is 0.445. The normalized spacial score (nSPS) is 13.0. The fourth-order valence-electron chi connectivity index (χ4n) is 1.91. The molecule has 17 heavy (non-hydrogen) atoms. The third kappa shape index (κ3) is 4.66. The lowest BCUT2D eigenvalue weighted by Gasteiger charge is -2.23. The number of nitrogens with one attached hydrogen (secondary N) is 1. The van der Waals surface area contributed by atoms with Crippen molar-refractivity contribution in [2.45, 2.75) is 19.8 Å². The monoisotopic (exact) mass is 255 g/mol. The Kier molecular flexibility index (Phi) is 6.56. The van der Waals surface area contributed by atoms with E-state index in [1.807, 2.05) is 18.2 Å². The number of ether oxygens (including phenoxy) is 1. The summed E-state index contributed by atoms with van der Waals surface area (Å²) in [5.41, 5.74) is 1.23. The van der Waals surface area contributed by atoms with Gasteiger partial charge in [-0.15, -0.1) is 0 Å². The van der Waals surface area contributed by atoms with Crippen molar-refractivity contribution in [1.29, 1.82) is 0 Å². The number of rotatable bonds is 7. The number of halogens is 1. The van der Waals surface area contributed by atoms with Gasteiger partial charge in [0.1, 0.15) is 0 Å². The lowest BCUT2D eigenvalue weighted by Crippen LogP contribution is -2.27. The molecule has 0 saturated heterocycles. The van der Waals surface area contributed by atoms with Gasteiger partial charge in [-0.25, -0.2) is 0 Å². The van der Waals surface area contributed by atoms with Crippen LogP contribution in [0.15, 0.2) is 24.3 Å². The second-order valence-electron chi connectivity index (χ2n) is 4.57. The first-order valence-corrected chi connectivity index (χ1v) is 6.48. The highest BCUT2D eigenvalue weighted by atomic mass is 35.5. The van der Waals surface area contributed by atoms with Gasteiger partial charge in [0.2, 0.25) is 0 Å². The van der Waals surface area contributed by atoms with Crippen molar-refractivity contribution in [3.8, 4) is 0 Å². The highest BCUT2D eigenvalue weighted by Crippen LogP contribution is 2.29. The molecular weight excluding hydrogens is 234 g/mol. The summed E-state index contributed by atoms with van der Waals surface area (Å²) in [5, 5.41) is 4.27. The molecule has 0 aliphatic carbocycles. The van der Waals surface area contributed by atoms with Gasteiger partial charge in [-0.2, -0.15) is 0 Å². The van der Waals surface area contributed by atoms with E-state index in [0.29, 0.717) is 11.8 Å². The van der Waals surface area contributed by atoms with E-state index in [2.05, 4.69) is 25.2 Å². The average Bonchev–Trinajstić information content (AvgIpc) is 2.30. The fourth-order valence-corrected chi connectivity index (χ4v) is 2.19. The predicted octanol–water partition coefficient (Wildman–Crippen LogP) is 3.32. The molecule has 1 aromatic carbocycles. The summed E-state index contributed by atoms with van der Waals surface area (Å²) >= 11 is 6.25. The largest absolute Gasteiger partial charge is 0.383 e. The number of hydrogen-bond acceptors (Lipinski definition) is 2. The zero-order valence-corrected chi connectivity index (χ0v) is 11.6. The first kappa shape index (κ1) is 14.5. The summed E-state index contributed by atoms with van der Waals surface area (Å²) in [4.78, 5) is 0. The minimum absolute atomic E-state index is 0.445. The van der Waals surface area contributed by atoms with Crippen molar-refractivity contribution in [1.82, 2.24) is 5.32 Å². The maximum absolute atomic E-state index is 6.25. The lowest BCUT2D eigenvalue weighted by molar-refractivity contribution is 0.198. The summed E-state index contributed by atoms with van der Waals surface area (Å²) in [6.07, 6.45) is 0. The van der Waals surface area contributed by atoms with Crippen LogP contribution in [-0.4, -0.2) is 26.8 Å². The smallest absolute Gasteiger partial charge is 0.0587 e. The number of methoxy groups -OCH3 is 1. The van der Waals surface area contributed by atoms with Crippen LogP contribution in [-0.2, 0) is 4.74 Å². The molecule has 0 saturated carbocycles. The predicted molar refractivity (Wildman–Crippen MR) is 73.8 cm³/mol. The Morgan fingerprint density at radius 2 is 2.00 bits per heavy atom. The summed E-state index contributed by atoms with van der Waals surface area (Å²) in [7, 11) is 1.72. The third-order valence-electron chi connectivity index (χ3n) is 2.96. The zero-order valence-electron chi connectivity index (χ0n) is 10.9. The van der Waals surface area contributed by atoms with Gasteiger partial charge in [0.25, 0.3) is 0 Å². The molecule has 0 amide bonds. The van der Waals surface area contributed by atoms with Crippen LogP contribution >= 0.6 is 11.6 Å². The summed E-state index contributed by atoms with van der Waals surface area (Å²) in [5.74, 6) is 1.01. The summed E-state index contributed by atoms with van der Waals surface area (Å²) < 4.78 is 5.02. The molecule has 1 aromatic rings. The van der Waals surface area contributed by atoms with E-state index in [1.165, 1.54) is 5.56 Å². The second kappa shape index (κ2) is 7.70. The number of hydrogen-bond donors (Lipinski definition) is 1. The van der Waals surface area contributed by atoms with Crippen LogP contribution in [0.25, 0.3) is 0 Å². The Labute approximate surface area is 109 Å². The third-order valence-corrected chi connectivity index (χ3v) is 3.30. The summed E-state index contributed by atoms with van der Waals surface area (Å²) in [6.45, 7) is 7.01. The molecule has 0 fully saturated rings. The quantitative estimate of drug-likeness (QED) is 0.755. The highest BCUT2D eigenvalue weighted by molar-refractivity contribution is 6.31. The SMILES string of the molecule is COCCNCC(c1ccccc1Cl)C(C)C. The molecule has 1 rings (SSSR count). The molecule has 0 heterocycles. The standard InChI is InChI=1S/C14H22ClNO/c1-11(2)13(10-16-8-9-17-3)12-6-4-5-7-14(12)15/h4-7,11,13,16H,8-10H2,1-3H3. The lowest BCUT2D eigenvalue weighted by atomic mass is 9.88. The molecule has 1 atom stereocenters. The Morgan fingerprint density at radius 1 is 1.29 bits per heavy atom. The van der Waals surface area contributed by atoms with Crippen molar-refractivity contribution < 1.29 is 4.74 Å². The van der Waals surface area contributed by atoms with E-state index in [-0.39, 0.29) is 0 Å². The fraction of sp³-hybridized carbons (Fsp3) is 0.571. The number of benzene rings is 1. The van der Waals surface area contributed by atoms with Crippen molar-refractivity contribution >= 4 is 11.6 Å². The van der Waals surface area contributed by atoms with Crippen molar-refractivity contribution in [2.75, 3.05) is 26.8 Å². The van der Waals surface area contributed by atoms with Gasteiger partial charge in [-0.1, -0.05) is 43.6 Å². The Hall–Kier alpha value is -0.570. The van der Waals surface area contributed by atoms with Crippen molar-refractivity contribution in [2.24, 2.45) is 5.92 Å². The van der Waals surface area contributed by atoms with E-state index in [9.17, 15) is 0 Å². The first-order valence-electron chi connectivity index (χ1n) is 6.11. The van der Waals surface area contributed by atoms with Crippen LogP contribution in [0.2, 0.25) is 5.02 Å². The van der Waals surface area contributed by atoms with E-state index >= 15 is 0 Å². The highest BCUT2D eigenvalue weighted by Gasteiger charge is 2.17. The van der Waals surface area contributed by atoms with Crippen LogP contribution in [0, 0.1) is 5.92 Å². The molecule has 0 bridgehead atoms.